The maximum absolute atomic E-state index is 11.2. The molecule has 0 saturated heterocycles. The Morgan fingerprint density at radius 2 is 1.93 bits per heavy atom. The average molecular weight is 220 g/mol. The number of nitrogens with one attached hydrogen (secondary N) is 2. The van der Waals surface area contributed by atoms with Crippen LogP contribution in [0.25, 0.3) is 0 Å². The minimum absolute atomic E-state index is 0.167. The van der Waals surface area contributed by atoms with Crippen LogP contribution in [0.2, 0.25) is 0 Å². The van der Waals surface area contributed by atoms with Gasteiger partial charge >= 0.3 is 6.03 Å². The zero-order valence-corrected chi connectivity index (χ0v) is 10.2. The van der Waals surface area contributed by atoms with Gasteiger partial charge in [0.15, 0.2) is 0 Å². The fourth-order valence-corrected chi connectivity index (χ4v) is 1.41. The first-order chi connectivity index (χ1) is 6.31. The van der Waals surface area contributed by atoms with Crippen LogP contribution in [0.5, 0.6) is 0 Å². The van der Waals surface area contributed by atoms with E-state index >= 15 is 0 Å². The predicted octanol–water partition coefficient (Wildman–Crippen LogP) is 0.853. The number of hydrogen-bond donors (Lipinski definition) is 2. The van der Waals surface area contributed by atoms with Crippen molar-refractivity contribution in [3.8, 4) is 0 Å². The van der Waals surface area contributed by atoms with Crippen molar-refractivity contribution in [3.63, 3.8) is 0 Å². The standard InChI is InChI=1S/C9H20N2O2S/c1-9(2,3)11-8(12)10-6-5-7-14(4)13/h5-7H2,1-4H3,(H2,10,11,12). The topological polar surface area (TPSA) is 58.2 Å². The summed E-state index contributed by atoms with van der Waals surface area (Å²) in [6, 6.07) is -0.167. The lowest BCUT2D eigenvalue weighted by Gasteiger charge is -2.20. The third-order valence-corrected chi connectivity index (χ3v) is 2.25. The van der Waals surface area contributed by atoms with Gasteiger partial charge in [-0.1, -0.05) is 0 Å². The van der Waals surface area contributed by atoms with E-state index in [1.165, 1.54) is 0 Å². The van der Waals surface area contributed by atoms with Crippen LogP contribution in [0, 0.1) is 0 Å². The molecular weight excluding hydrogens is 200 g/mol. The molecule has 0 aromatic carbocycles. The fraction of sp³-hybridized carbons (Fsp3) is 0.889. The molecule has 5 heteroatoms. The summed E-state index contributed by atoms with van der Waals surface area (Å²) in [5, 5.41) is 5.49. The summed E-state index contributed by atoms with van der Waals surface area (Å²) in [5.41, 5.74) is -0.211. The Morgan fingerprint density at radius 1 is 1.36 bits per heavy atom. The molecule has 0 saturated carbocycles. The first kappa shape index (κ1) is 13.4. The first-order valence-electron chi connectivity index (χ1n) is 4.67. The number of carbonyl (C=O) groups excluding carboxylic acids is 1. The van der Waals surface area contributed by atoms with Crippen molar-refractivity contribution in [3.05, 3.63) is 0 Å². The van der Waals surface area contributed by atoms with Crippen LogP contribution in [-0.2, 0) is 10.8 Å². The molecule has 84 valence electrons. The molecule has 0 heterocycles. The van der Waals surface area contributed by atoms with Crippen molar-refractivity contribution in [2.24, 2.45) is 0 Å². The maximum atomic E-state index is 11.2. The quantitative estimate of drug-likeness (QED) is 0.690. The van der Waals surface area contributed by atoms with Gasteiger partial charge in [0.1, 0.15) is 0 Å². The highest BCUT2D eigenvalue weighted by atomic mass is 32.2. The summed E-state index contributed by atoms with van der Waals surface area (Å²) in [6.45, 7) is 6.34. The Balaban J connectivity index is 3.50. The van der Waals surface area contributed by atoms with Crippen LogP contribution in [0.1, 0.15) is 27.2 Å². The minimum atomic E-state index is -0.771. The lowest BCUT2D eigenvalue weighted by atomic mass is 10.1. The predicted molar refractivity (Wildman–Crippen MR) is 59.8 cm³/mol. The Kier molecular flexibility index (Phi) is 5.76. The van der Waals surface area contributed by atoms with E-state index in [4.69, 9.17) is 0 Å². The SMILES string of the molecule is CS(=O)CCCNC(=O)NC(C)(C)C. The zero-order chi connectivity index (χ0) is 11.2. The number of hydrogen-bond acceptors (Lipinski definition) is 2. The molecule has 0 rings (SSSR count). The molecule has 1 unspecified atom stereocenters. The van der Waals surface area contributed by atoms with Crippen LogP contribution in [0.4, 0.5) is 4.79 Å². The van der Waals surface area contributed by atoms with Crippen LogP contribution in [0.15, 0.2) is 0 Å². The summed E-state index contributed by atoms with van der Waals surface area (Å²) in [6.07, 6.45) is 2.41. The molecule has 4 nitrogen and oxygen atoms in total. The van der Waals surface area contributed by atoms with E-state index in [1.807, 2.05) is 20.8 Å². The summed E-state index contributed by atoms with van der Waals surface area (Å²) in [7, 11) is -0.771. The van der Waals surface area contributed by atoms with Crippen molar-refractivity contribution in [1.82, 2.24) is 10.6 Å². The van der Waals surface area contributed by atoms with Gasteiger partial charge in [-0.15, -0.1) is 0 Å². The van der Waals surface area contributed by atoms with Gasteiger partial charge in [0.25, 0.3) is 0 Å². The smallest absolute Gasteiger partial charge is 0.315 e. The number of amides is 2. The molecule has 0 spiro atoms. The number of rotatable bonds is 4. The molecule has 0 aliphatic heterocycles. The molecule has 0 fully saturated rings. The lowest BCUT2D eigenvalue weighted by Crippen LogP contribution is -2.46. The number of carbonyl (C=O) groups is 1. The van der Waals surface area contributed by atoms with Crippen LogP contribution >= 0.6 is 0 Å². The monoisotopic (exact) mass is 220 g/mol. The Labute approximate surface area is 88.3 Å². The van der Waals surface area contributed by atoms with Crippen molar-refractivity contribution in [2.75, 3.05) is 18.6 Å². The van der Waals surface area contributed by atoms with Crippen LogP contribution < -0.4 is 10.6 Å². The van der Waals surface area contributed by atoms with Crippen LogP contribution in [-0.4, -0.2) is 34.3 Å². The molecule has 0 aliphatic rings. The first-order valence-corrected chi connectivity index (χ1v) is 6.40. The third-order valence-electron chi connectivity index (χ3n) is 1.38. The second kappa shape index (κ2) is 6.01. The summed E-state index contributed by atoms with van der Waals surface area (Å²) in [4.78, 5) is 11.2. The Morgan fingerprint density at radius 3 is 2.36 bits per heavy atom. The van der Waals surface area contributed by atoms with Crippen molar-refractivity contribution >= 4 is 16.8 Å². The summed E-state index contributed by atoms with van der Waals surface area (Å²) in [5.74, 6) is 0.635. The van der Waals surface area contributed by atoms with Crippen molar-refractivity contribution < 1.29 is 9.00 Å². The highest BCUT2D eigenvalue weighted by molar-refractivity contribution is 7.84. The summed E-state index contributed by atoms with van der Waals surface area (Å²) < 4.78 is 10.7. The fourth-order valence-electron chi connectivity index (χ4n) is 0.862. The van der Waals surface area contributed by atoms with Gasteiger partial charge in [0, 0.05) is 34.9 Å². The van der Waals surface area contributed by atoms with E-state index in [2.05, 4.69) is 10.6 Å². The average Bonchev–Trinajstić information content (AvgIpc) is 1.94. The van der Waals surface area contributed by atoms with Gasteiger partial charge in [-0.25, -0.2) is 4.79 Å². The molecule has 2 amide bonds. The van der Waals surface area contributed by atoms with Gasteiger partial charge in [0.05, 0.1) is 0 Å². The molecule has 0 radical (unpaired) electrons. The van der Waals surface area contributed by atoms with Gasteiger partial charge in [-0.2, -0.15) is 0 Å². The molecule has 1 atom stereocenters. The normalized spacial score (nSPS) is 13.4. The van der Waals surface area contributed by atoms with E-state index in [9.17, 15) is 9.00 Å². The molecular formula is C9H20N2O2S. The molecule has 0 bridgehead atoms. The van der Waals surface area contributed by atoms with E-state index in [1.54, 1.807) is 6.26 Å². The van der Waals surface area contributed by atoms with E-state index in [0.29, 0.717) is 12.3 Å². The van der Waals surface area contributed by atoms with Gasteiger partial charge in [-0.05, 0) is 27.2 Å². The van der Waals surface area contributed by atoms with E-state index < -0.39 is 10.8 Å². The van der Waals surface area contributed by atoms with E-state index in [-0.39, 0.29) is 11.6 Å². The van der Waals surface area contributed by atoms with Crippen molar-refractivity contribution in [2.45, 2.75) is 32.7 Å². The largest absolute Gasteiger partial charge is 0.338 e. The minimum Gasteiger partial charge on any atom is -0.338 e. The van der Waals surface area contributed by atoms with Crippen LogP contribution in [0.3, 0.4) is 0 Å². The Hall–Kier alpha value is -0.580. The molecule has 0 aliphatic carbocycles. The second-order valence-corrected chi connectivity index (χ2v) is 5.82. The highest BCUT2D eigenvalue weighted by Crippen LogP contribution is 1.97. The highest BCUT2D eigenvalue weighted by Gasteiger charge is 2.12. The molecule has 0 aromatic rings. The zero-order valence-electron chi connectivity index (χ0n) is 9.35. The van der Waals surface area contributed by atoms with Gasteiger partial charge in [0.2, 0.25) is 0 Å². The molecule has 14 heavy (non-hydrogen) atoms. The molecule has 0 aromatic heterocycles. The second-order valence-electron chi connectivity index (χ2n) is 4.26. The van der Waals surface area contributed by atoms with E-state index in [0.717, 1.165) is 6.42 Å². The van der Waals surface area contributed by atoms with Gasteiger partial charge in [-0.3, -0.25) is 4.21 Å². The lowest BCUT2D eigenvalue weighted by molar-refractivity contribution is 0.232. The Bertz CT molecular complexity index is 211. The van der Waals surface area contributed by atoms with Crippen molar-refractivity contribution in [1.29, 1.82) is 0 Å². The third kappa shape index (κ3) is 9.51. The summed E-state index contributed by atoms with van der Waals surface area (Å²) >= 11 is 0. The molecule has 2 N–H and O–H groups in total. The maximum Gasteiger partial charge on any atom is 0.315 e. The van der Waals surface area contributed by atoms with Gasteiger partial charge < -0.3 is 10.6 Å². The number of urea groups is 1.